The summed E-state index contributed by atoms with van der Waals surface area (Å²) >= 11 is 0. The minimum absolute atomic E-state index is 0.608. The highest BCUT2D eigenvalue weighted by Crippen LogP contribution is 2.39. The standard InChI is InChI=1S/C50H31N5O/c1-3-12-34(13-4-1)47-52-48(35-14-5-2-6-15-35)54-49(53-47)36-25-22-32(23-26-36)37-27-24-33-28-29-39(31-38(33)30-37)55-44-20-9-7-16-40(44)41-17-11-18-42(46(41)55)50-51-43-19-8-10-21-45(43)56-50/h1-31H. The minimum Gasteiger partial charge on any atom is -0.436 e. The second-order valence-electron chi connectivity index (χ2n) is 13.9. The van der Waals surface area contributed by atoms with Crippen molar-refractivity contribution in [2.24, 2.45) is 0 Å². The number of rotatable bonds is 6. The van der Waals surface area contributed by atoms with Crippen LogP contribution in [0.4, 0.5) is 0 Å². The van der Waals surface area contributed by atoms with Gasteiger partial charge in [-0.25, -0.2) is 19.9 Å². The summed E-state index contributed by atoms with van der Waals surface area (Å²) in [5.74, 6) is 2.54. The molecule has 0 amide bonds. The van der Waals surface area contributed by atoms with Gasteiger partial charge < -0.3 is 8.98 Å². The maximum Gasteiger partial charge on any atom is 0.229 e. The topological polar surface area (TPSA) is 69.6 Å². The van der Waals surface area contributed by atoms with Crippen molar-refractivity contribution in [2.45, 2.75) is 0 Å². The molecule has 0 aliphatic carbocycles. The molecule has 0 aliphatic heterocycles. The SMILES string of the molecule is c1ccc(-c2nc(-c3ccccc3)nc(-c3ccc(-c4ccc5ccc(-n6c7ccccc7c7cccc(-c8nc9ccccc9o8)c76)cc5c4)cc3)n2)cc1. The van der Waals surface area contributed by atoms with Crippen molar-refractivity contribution in [3.63, 3.8) is 0 Å². The summed E-state index contributed by atoms with van der Waals surface area (Å²) in [5.41, 5.74) is 10.9. The highest BCUT2D eigenvalue weighted by atomic mass is 16.3. The van der Waals surface area contributed by atoms with Gasteiger partial charge in [0.25, 0.3) is 0 Å². The molecule has 0 atom stereocenters. The summed E-state index contributed by atoms with van der Waals surface area (Å²) in [6.07, 6.45) is 0. The molecule has 0 fully saturated rings. The highest BCUT2D eigenvalue weighted by Gasteiger charge is 2.20. The summed E-state index contributed by atoms with van der Waals surface area (Å²) < 4.78 is 8.68. The summed E-state index contributed by atoms with van der Waals surface area (Å²) in [4.78, 5) is 19.6. The van der Waals surface area contributed by atoms with E-state index in [9.17, 15) is 0 Å². The molecule has 0 unspecified atom stereocenters. The number of benzene rings is 8. The van der Waals surface area contributed by atoms with E-state index in [4.69, 9.17) is 24.4 Å². The third-order valence-electron chi connectivity index (χ3n) is 10.5. The molecule has 0 spiro atoms. The first-order valence-corrected chi connectivity index (χ1v) is 18.6. The quantitative estimate of drug-likeness (QED) is 0.171. The second kappa shape index (κ2) is 13.0. The third-order valence-corrected chi connectivity index (χ3v) is 10.5. The monoisotopic (exact) mass is 717 g/mol. The van der Waals surface area contributed by atoms with Crippen molar-refractivity contribution in [2.75, 3.05) is 0 Å². The Hall–Kier alpha value is -7.70. The van der Waals surface area contributed by atoms with Gasteiger partial charge in [-0.05, 0) is 64.4 Å². The largest absolute Gasteiger partial charge is 0.436 e. The maximum atomic E-state index is 6.34. The first-order valence-electron chi connectivity index (χ1n) is 18.6. The molecule has 8 aromatic carbocycles. The predicted molar refractivity (Wildman–Crippen MR) is 226 cm³/mol. The average molecular weight is 718 g/mol. The lowest BCUT2D eigenvalue weighted by Gasteiger charge is -2.12. The van der Waals surface area contributed by atoms with E-state index in [1.165, 1.54) is 10.8 Å². The maximum absolute atomic E-state index is 6.34. The number of aromatic nitrogens is 5. The number of hydrogen-bond donors (Lipinski definition) is 0. The van der Waals surface area contributed by atoms with E-state index in [0.29, 0.717) is 23.4 Å². The van der Waals surface area contributed by atoms with Crippen LogP contribution in [0, 0.1) is 0 Å². The smallest absolute Gasteiger partial charge is 0.229 e. The van der Waals surface area contributed by atoms with Gasteiger partial charge in [0, 0.05) is 33.2 Å². The van der Waals surface area contributed by atoms with Crippen LogP contribution in [0.15, 0.2) is 192 Å². The van der Waals surface area contributed by atoms with Gasteiger partial charge in [-0.2, -0.15) is 0 Å². The molecule has 3 heterocycles. The molecule has 6 heteroatoms. The van der Waals surface area contributed by atoms with Gasteiger partial charge in [-0.15, -0.1) is 0 Å². The lowest BCUT2D eigenvalue weighted by atomic mass is 9.99. The van der Waals surface area contributed by atoms with Crippen LogP contribution in [-0.4, -0.2) is 24.5 Å². The molecule has 0 radical (unpaired) electrons. The number of para-hydroxylation sites is 4. The summed E-state index contributed by atoms with van der Waals surface area (Å²) in [7, 11) is 0. The Balaban J connectivity index is 0.999. The van der Waals surface area contributed by atoms with Gasteiger partial charge >= 0.3 is 0 Å². The summed E-state index contributed by atoms with van der Waals surface area (Å²) in [6.45, 7) is 0. The fourth-order valence-electron chi connectivity index (χ4n) is 7.75. The minimum atomic E-state index is 0.608. The van der Waals surface area contributed by atoms with Crippen LogP contribution in [-0.2, 0) is 0 Å². The van der Waals surface area contributed by atoms with Gasteiger partial charge in [-0.1, -0.05) is 146 Å². The second-order valence-corrected chi connectivity index (χ2v) is 13.9. The van der Waals surface area contributed by atoms with Crippen molar-refractivity contribution in [1.29, 1.82) is 0 Å². The summed E-state index contributed by atoms with van der Waals surface area (Å²) in [5, 5.41) is 4.64. The molecular formula is C50H31N5O. The van der Waals surface area contributed by atoms with Crippen molar-refractivity contribution in [1.82, 2.24) is 24.5 Å². The van der Waals surface area contributed by atoms with Gasteiger partial charge in [0.1, 0.15) is 5.52 Å². The Kier molecular flexibility index (Phi) is 7.38. The molecule has 0 bridgehead atoms. The molecule has 0 aliphatic rings. The molecule has 56 heavy (non-hydrogen) atoms. The van der Waals surface area contributed by atoms with Crippen LogP contribution >= 0.6 is 0 Å². The van der Waals surface area contributed by atoms with Gasteiger partial charge in [0.2, 0.25) is 5.89 Å². The fraction of sp³-hybridized carbons (Fsp3) is 0. The Morgan fingerprint density at radius 2 is 0.982 bits per heavy atom. The van der Waals surface area contributed by atoms with E-state index >= 15 is 0 Å². The number of oxazole rings is 1. The lowest BCUT2D eigenvalue weighted by molar-refractivity contribution is 0.620. The van der Waals surface area contributed by atoms with Crippen LogP contribution in [0.3, 0.4) is 0 Å². The van der Waals surface area contributed by atoms with Crippen molar-refractivity contribution < 1.29 is 4.42 Å². The Morgan fingerprint density at radius 3 is 1.71 bits per heavy atom. The number of nitrogens with zero attached hydrogens (tertiary/aromatic N) is 5. The van der Waals surface area contributed by atoms with E-state index < -0.39 is 0 Å². The van der Waals surface area contributed by atoms with Crippen LogP contribution in [0.2, 0.25) is 0 Å². The first-order chi connectivity index (χ1) is 27.7. The fourth-order valence-corrected chi connectivity index (χ4v) is 7.75. The number of fused-ring (bicyclic) bond motifs is 5. The molecule has 0 saturated heterocycles. The lowest BCUT2D eigenvalue weighted by Crippen LogP contribution is -2.00. The number of hydrogen-bond acceptors (Lipinski definition) is 5. The molecule has 0 saturated carbocycles. The van der Waals surface area contributed by atoms with Gasteiger partial charge in [0.15, 0.2) is 23.1 Å². The summed E-state index contributed by atoms with van der Waals surface area (Å²) in [6, 6.07) is 64.8. The van der Waals surface area contributed by atoms with E-state index in [-0.39, 0.29) is 0 Å². The Labute approximate surface area is 322 Å². The normalized spacial score (nSPS) is 11.6. The Morgan fingerprint density at radius 1 is 0.393 bits per heavy atom. The predicted octanol–water partition coefficient (Wildman–Crippen LogP) is 12.6. The molecule has 0 N–H and O–H groups in total. The highest BCUT2D eigenvalue weighted by molar-refractivity contribution is 6.13. The van der Waals surface area contributed by atoms with Crippen molar-refractivity contribution in [3.05, 3.63) is 188 Å². The molecule has 11 aromatic rings. The van der Waals surface area contributed by atoms with Gasteiger partial charge in [-0.3, -0.25) is 0 Å². The first kappa shape index (κ1) is 31.8. The zero-order chi connectivity index (χ0) is 37.0. The van der Waals surface area contributed by atoms with E-state index in [1.54, 1.807) is 0 Å². The van der Waals surface area contributed by atoms with Gasteiger partial charge in [0.05, 0.1) is 16.6 Å². The van der Waals surface area contributed by atoms with Crippen LogP contribution in [0.5, 0.6) is 0 Å². The van der Waals surface area contributed by atoms with Crippen LogP contribution < -0.4 is 0 Å². The van der Waals surface area contributed by atoms with Crippen LogP contribution in [0.1, 0.15) is 0 Å². The molecule has 262 valence electrons. The third kappa shape index (κ3) is 5.43. The molecule has 6 nitrogen and oxygen atoms in total. The van der Waals surface area contributed by atoms with E-state index in [0.717, 1.165) is 72.0 Å². The van der Waals surface area contributed by atoms with E-state index in [1.807, 2.05) is 84.9 Å². The van der Waals surface area contributed by atoms with Crippen molar-refractivity contribution >= 4 is 43.7 Å². The zero-order valence-corrected chi connectivity index (χ0v) is 30.0. The van der Waals surface area contributed by atoms with Crippen molar-refractivity contribution in [3.8, 4) is 62.4 Å². The average Bonchev–Trinajstić information content (AvgIpc) is 3.86. The molecular weight excluding hydrogens is 687 g/mol. The zero-order valence-electron chi connectivity index (χ0n) is 30.0. The Bertz CT molecular complexity index is 3150. The molecule has 3 aromatic heterocycles. The van der Waals surface area contributed by atoms with Crippen LogP contribution in [0.25, 0.3) is 106 Å². The molecule has 11 rings (SSSR count). The van der Waals surface area contributed by atoms with E-state index in [2.05, 4.69) is 108 Å².